The monoisotopic (exact) mass is 386 g/mol. The van der Waals surface area contributed by atoms with Crippen LogP contribution in [0.1, 0.15) is 28.4 Å². The van der Waals surface area contributed by atoms with Gasteiger partial charge in [-0.3, -0.25) is 9.59 Å². The maximum Gasteiger partial charge on any atom is 0.251 e. The Morgan fingerprint density at radius 1 is 1.08 bits per heavy atom. The number of amides is 2. The summed E-state index contributed by atoms with van der Waals surface area (Å²) in [5, 5.41) is 2.79. The minimum absolute atomic E-state index is 0.0463. The van der Waals surface area contributed by atoms with Gasteiger partial charge >= 0.3 is 0 Å². The van der Waals surface area contributed by atoms with Gasteiger partial charge in [0.05, 0.1) is 0 Å². The van der Waals surface area contributed by atoms with Crippen molar-refractivity contribution in [2.24, 2.45) is 0 Å². The van der Waals surface area contributed by atoms with Crippen LogP contribution in [0.2, 0.25) is 0 Å². The van der Waals surface area contributed by atoms with Gasteiger partial charge in [-0.1, -0.05) is 40.2 Å². The molecular formula is C19H19BrN2O2. The summed E-state index contributed by atoms with van der Waals surface area (Å²) in [5.74, 6) is -0.282. The van der Waals surface area contributed by atoms with Crippen molar-refractivity contribution < 1.29 is 9.59 Å². The molecule has 24 heavy (non-hydrogen) atoms. The van der Waals surface area contributed by atoms with Gasteiger partial charge in [-0.05, 0) is 48.7 Å². The van der Waals surface area contributed by atoms with Crippen LogP contribution in [-0.2, 0) is 17.8 Å². The Balaban J connectivity index is 1.63. The summed E-state index contributed by atoms with van der Waals surface area (Å²) in [6.07, 6.45) is 0.856. The fourth-order valence-electron chi connectivity index (χ4n) is 2.90. The number of rotatable bonds is 3. The van der Waals surface area contributed by atoms with E-state index in [2.05, 4.69) is 33.4 Å². The summed E-state index contributed by atoms with van der Waals surface area (Å²) in [7, 11) is 0. The molecule has 0 radical (unpaired) electrons. The molecule has 2 aromatic rings. The molecule has 1 heterocycles. The molecule has 2 aromatic carbocycles. The second-order valence-corrected chi connectivity index (χ2v) is 6.90. The van der Waals surface area contributed by atoms with Gasteiger partial charge in [0.1, 0.15) is 6.04 Å². The van der Waals surface area contributed by atoms with Gasteiger partial charge in [-0.15, -0.1) is 0 Å². The number of hydrogen-bond acceptors (Lipinski definition) is 2. The summed E-state index contributed by atoms with van der Waals surface area (Å²) in [6.45, 7) is 3.03. The molecule has 3 rings (SSSR count). The van der Waals surface area contributed by atoms with Crippen LogP contribution in [0.15, 0.2) is 53.0 Å². The third kappa shape index (κ3) is 3.67. The first-order valence-electron chi connectivity index (χ1n) is 7.96. The number of nitrogens with zero attached hydrogens (tertiary/aromatic N) is 1. The SMILES string of the molecule is C[C@H](NC(=O)c1ccc(Br)cc1)C(=O)N1CCc2ccccc2C1. The quantitative estimate of drug-likeness (QED) is 0.880. The van der Waals surface area contributed by atoms with E-state index in [4.69, 9.17) is 0 Å². The highest BCUT2D eigenvalue weighted by molar-refractivity contribution is 9.10. The van der Waals surface area contributed by atoms with Crippen molar-refractivity contribution in [2.45, 2.75) is 25.9 Å². The highest BCUT2D eigenvalue weighted by Gasteiger charge is 2.25. The number of carbonyl (C=O) groups excluding carboxylic acids is 2. The van der Waals surface area contributed by atoms with Gasteiger partial charge in [-0.2, -0.15) is 0 Å². The second-order valence-electron chi connectivity index (χ2n) is 5.98. The molecule has 4 nitrogen and oxygen atoms in total. The lowest BCUT2D eigenvalue weighted by Crippen LogP contribution is -2.48. The number of hydrogen-bond donors (Lipinski definition) is 1. The van der Waals surface area contributed by atoms with E-state index in [0.29, 0.717) is 18.7 Å². The molecule has 1 aliphatic rings. The molecular weight excluding hydrogens is 368 g/mol. The van der Waals surface area contributed by atoms with Crippen molar-refractivity contribution in [3.63, 3.8) is 0 Å². The van der Waals surface area contributed by atoms with Crippen LogP contribution in [0.3, 0.4) is 0 Å². The number of nitrogens with one attached hydrogen (secondary N) is 1. The average Bonchev–Trinajstić information content (AvgIpc) is 2.61. The third-order valence-corrected chi connectivity index (χ3v) is 4.80. The standard InChI is InChI=1S/C19H19BrN2O2/c1-13(21-18(23)15-6-8-17(20)9-7-15)19(24)22-11-10-14-4-2-3-5-16(14)12-22/h2-9,13H,10-12H2,1H3,(H,21,23)/t13-/m0/s1. The van der Waals surface area contributed by atoms with Crippen molar-refractivity contribution in [3.8, 4) is 0 Å². The molecule has 1 atom stereocenters. The first-order valence-corrected chi connectivity index (χ1v) is 8.76. The van der Waals surface area contributed by atoms with Crippen LogP contribution in [-0.4, -0.2) is 29.3 Å². The number of benzene rings is 2. The Morgan fingerprint density at radius 3 is 2.46 bits per heavy atom. The van der Waals surface area contributed by atoms with Crippen molar-refractivity contribution in [1.29, 1.82) is 0 Å². The molecule has 1 N–H and O–H groups in total. The van der Waals surface area contributed by atoms with Crippen LogP contribution < -0.4 is 5.32 Å². The third-order valence-electron chi connectivity index (χ3n) is 4.27. The number of halogens is 1. The molecule has 0 aliphatic carbocycles. The number of carbonyl (C=O) groups is 2. The molecule has 0 saturated carbocycles. The van der Waals surface area contributed by atoms with E-state index in [1.807, 2.05) is 29.2 Å². The van der Waals surface area contributed by atoms with E-state index in [1.54, 1.807) is 19.1 Å². The van der Waals surface area contributed by atoms with E-state index in [1.165, 1.54) is 11.1 Å². The second kappa shape index (κ2) is 7.18. The fourth-order valence-corrected chi connectivity index (χ4v) is 3.17. The summed E-state index contributed by atoms with van der Waals surface area (Å²) in [4.78, 5) is 26.7. The maximum atomic E-state index is 12.6. The van der Waals surface area contributed by atoms with Gasteiger partial charge in [0, 0.05) is 23.1 Å². The Hall–Kier alpha value is -2.14. The first-order chi connectivity index (χ1) is 11.5. The van der Waals surface area contributed by atoms with Crippen LogP contribution in [0, 0.1) is 0 Å². The van der Waals surface area contributed by atoms with Crippen LogP contribution in [0.5, 0.6) is 0 Å². The highest BCUT2D eigenvalue weighted by Crippen LogP contribution is 2.19. The van der Waals surface area contributed by atoms with Gasteiger partial charge in [0.25, 0.3) is 5.91 Å². The van der Waals surface area contributed by atoms with Crippen molar-refractivity contribution in [2.75, 3.05) is 6.54 Å². The van der Waals surface area contributed by atoms with E-state index in [0.717, 1.165) is 10.9 Å². The smallest absolute Gasteiger partial charge is 0.251 e. The Kier molecular flexibility index (Phi) is 5.00. The molecule has 0 aromatic heterocycles. The van der Waals surface area contributed by atoms with E-state index in [-0.39, 0.29) is 11.8 Å². The minimum Gasteiger partial charge on any atom is -0.341 e. The van der Waals surface area contributed by atoms with E-state index in [9.17, 15) is 9.59 Å². The molecule has 1 aliphatic heterocycles. The summed E-state index contributed by atoms with van der Waals surface area (Å²) in [5.41, 5.74) is 3.03. The Bertz CT molecular complexity index is 758. The lowest BCUT2D eigenvalue weighted by Gasteiger charge is -2.31. The van der Waals surface area contributed by atoms with Crippen LogP contribution in [0.4, 0.5) is 0 Å². The average molecular weight is 387 g/mol. The molecule has 124 valence electrons. The highest BCUT2D eigenvalue weighted by atomic mass is 79.9. The first kappa shape index (κ1) is 16.7. The minimum atomic E-state index is -0.550. The molecule has 0 bridgehead atoms. The van der Waals surface area contributed by atoms with E-state index >= 15 is 0 Å². The Morgan fingerprint density at radius 2 is 1.75 bits per heavy atom. The Labute approximate surface area is 150 Å². The van der Waals surface area contributed by atoms with Crippen molar-refractivity contribution >= 4 is 27.7 Å². The van der Waals surface area contributed by atoms with Gasteiger partial charge in [0.15, 0.2) is 0 Å². The van der Waals surface area contributed by atoms with Crippen LogP contribution in [0.25, 0.3) is 0 Å². The molecule has 0 unspecified atom stereocenters. The molecule has 0 fully saturated rings. The zero-order chi connectivity index (χ0) is 17.1. The normalized spacial score (nSPS) is 14.7. The summed E-state index contributed by atoms with van der Waals surface area (Å²) < 4.78 is 0.912. The lowest BCUT2D eigenvalue weighted by atomic mass is 9.99. The molecule has 5 heteroatoms. The summed E-state index contributed by atoms with van der Waals surface area (Å²) in [6, 6.07) is 14.7. The topological polar surface area (TPSA) is 49.4 Å². The zero-order valence-corrected chi connectivity index (χ0v) is 15.0. The van der Waals surface area contributed by atoms with Gasteiger partial charge in [-0.25, -0.2) is 0 Å². The molecule has 0 saturated heterocycles. The summed E-state index contributed by atoms with van der Waals surface area (Å²) >= 11 is 3.34. The predicted octanol–water partition coefficient (Wildman–Crippen LogP) is 3.15. The van der Waals surface area contributed by atoms with Gasteiger partial charge in [0.2, 0.25) is 5.91 Å². The predicted molar refractivity (Wildman–Crippen MR) is 96.6 cm³/mol. The van der Waals surface area contributed by atoms with Gasteiger partial charge < -0.3 is 10.2 Å². The number of fused-ring (bicyclic) bond motifs is 1. The lowest BCUT2D eigenvalue weighted by molar-refractivity contribution is -0.133. The van der Waals surface area contributed by atoms with Crippen LogP contribution >= 0.6 is 15.9 Å². The maximum absolute atomic E-state index is 12.6. The van der Waals surface area contributed by atoms with E-state index < -0.39 is 6.04 Å². The zero-order valence-electron chi connectivity index (χ0n) is 13.5. The molecule has 0 spiro atoms. The van der Waals surface area contributed by atoms with Crippen molar-refractivity contribution in [3.05, 3.63) is 69.7 Å². The molecule has 2 amide bonds. The van der Waals surface area contributed by atoms with Crippen molar-refractivity contribution in [1.82, 2.24) is 10.2 Å². The largest absolute Gasteiger partial charge is 0.341 e. The fraction of sp³-hybridized carbons (Fsp3) is 0.263.